The minimum absolute atomic E-state index is 0.556. The molecule has 1 atom stereocenters. The maximum absolute atomic E-state index is 10.3. The van der Waals surface area contributed by atoms with Crippen molar-refractivity contribution in [2.75, 3.05) is 0 Å². The number of aliphatic hydroxyl groups excluding tert-OH is 1. The fraction of sp³-hybridized carbons (Fsp3) is 0.200. The lowest BCUT2D eigenvalue weighted by atomic mass is 9.98. The van der Waals surface area contributed by atoms with Crippen LogP contribution in [0.5, 0.6) is 0 Å². The van der Waals surface area contributed by atoms with Gasteiger partial charge < -0.3 is 5.11 Å². The van der Waals surface area contributed by atoms with E-state index in [-0.39, 0.29) is 0 Å². The van der Waals surface area contributed by atoms with Crippen molar-refractivity contribution in [1.82, 2.24) is 0 Å². The van der Waals surface area contributed by atoms with Gasteiger partial charge in [0.25, 0.3) is 0 Å². The second-order valence-electron chi connectivity index (χ2n) is 4.31. The predicted octanol–water partition coefficient (Wildman–Crippen LogP) is 4.69. The number of aliphatic hydroxyl groups is 1. The first-order valence-corrected chi connectivity index (χ1v) is 6.92. The molecular formula is C15H14BrClO. The molecule has 0 amide bonds. The van der Waals surface area contributed by atoms with Crippen LogP contribution in [0, 0.1) is 6.92 Å². The van der Waals surface area contributed by atoms with Gasteiger partial charge in [-0.15, -0.1) is 0 Å². The molecule has 0 saturated carbocycles. The standard InChI is InChI=1S/C15H14BrClO/c1-10-4-2-3-5-11(10)8-15(18)13-9-12(17)6-7-14(13)16/h2-7,9,15,18H,8H2,1H3. The van der Waals surface area contributed by atoms with Crippen LogP contribution in [0.2, 0.25) is 5.02 Å². The normalized spacial score (nSPS) is 12.4. The van der Waals surface area contributed by atoms with Crippen LogP contribution in [0.1, 0.15) is 22.8 Å². The lowest BCUT2D eigenvalue weighted by Gasteiger charge is -2.14. The van der Waals surface area contributed by atoms with E-state index in [9.17, 15) is 5.11 Å². The van der Waals surface area contributed by atoms with E-state index >= 15 is 0 Å². The molecule has 0 radical (unpaired) electrons. The Morgan fingerprint density at radius 2 is 1.94 bits per heavy atom. The van der Waals surface area contributed by atoms with Crippen molar-refractivity contribution < 1.29 is 5.11 Å². The van der Waals surface area contributed by atoms with Crippen LogP contribution < -0.4 is 0 Å². The summed E-state index contributed by atoms with van der Waals surface area (Å²) in [5.74, 6) is 0. The Morgan fingerprint density at radius 1 is 1.22 bits per heavy atom. The highest BCUT2D eigenvalue weighted by Gasteiger charge is 2.13. The van der Waals surface area contributed by atoms with Crippen molar-refractivity contribution in [2.24, 2.45) is 0 Å². The average molecular weight is 326 g/mol. The van der Waals surface area contributed by atoms with Crippen LogP contribution in [0.15, 0.2) is 46.9 Å². The van der Waals surface area contributed by atoms with Gasteiger partial charge in [0.15, 0.2) is 0 Å². The van der Waals surface area contributed by atoms with E-state index in [1.54, 1.807) is 12.1 Å². The quantitative estimate of drug-likeness (QED) is 0.868. The van der Waals surface area contributed by atoms with Crippen LogP contribution in [0.4, 0.5) is 0 Å². The SMILES string of the molecule is Cc1ccccc1CC(O)c1cc(Cl)ccc1Br. The Kier molecular flexibility index (Phi) is 4.44. The molecule has 3 heteroatoms. The zero-order chi connectivity index (χ0) is 13.1. The molecule has 1 nitrogen and oxygen atoms in total. The zero-order valence-corrected chi connectivity index (χ0v) is 12.4. The van der Waals surface area contributed by atoms with Crippen molar-refractivity contribution in [2.45, 2.75) is 19.4 Å². The summed E-state index contributed by atoms with van der Waals surface area (Å²) in [5, 5.41) is 11.0. The molecule has 2 aromatic carbocycles. The number of aryl methyl sites for hydroxylation is 1. The van der Waals surface area contributed by atoms with E-state index in [2.05, 4.69) is 28.9 Å². The summed E-state index contributed by atoms with van der Waals surface area (Å²) in [7, 11) is 0. The van der Waals surface area contributed by atoms with Gasteiger partial charge in [0.2, 0.25) is 0 Å². The molecule has 0 fully saturated rings. The van der Waals surface area contributed by atoms with Gasteiger partial charge in [0.1, 0.15) is 0 Å². The lowest BCUT2D eigenvalue weighted by Crippen LogP contribution is -2.04. The monoisotopic (exact) mass is 324 g/mol. The van der Waals surface area contributed by atoms with E-state index in [1.165, 1.54) is 5.56 Å². The van der Waals surface area contributed by atoms with E-state index in [4.69, 9.17) is 11.6 Å². The number of rotatable bonds is 3. The minimum atomic E-state index is -0.556. The highest BCUT2D eigenvalue weighted by atomic mass is 79.9. The molecule has 0 aliphatic heterocycles. The second kappa shape index (κ2) is 5.87. The van der Waals surface area contributed by atoms with Crippen molar-refractivity contribution in [3.8, 4) is 0 Å². The first kappa shape index (κ1) is 13.6. The summed E-state index contributed by atoms with van der Waals surface area (Å²) in [6, 6.07) is 13.5. The average Bonchev–Trinajstić information content (AvgIpc) is 2.35. The first-order chi connectivity index (χ1) is 8.58. The van der Waals surface area contributed by atoms with E-state index in [0.717, 1.165) is 15.6 Å². The summed E-state index contributed by atoms with van der Waals surface area (Å²) >= 11 is 9.41. The molecule has 94 valence electrons. The maximum atomic E-state index is 10.3. The van der Waals surface area contributed by atoms with E-state index in [1.807, 2.05) is 24.3 Å². The third-order valence-corrected chi connectivity index (χ3v) is 3.95. The summed E-state index contributed by atoms with van der Waals surface area (Å²) in [6.07, 6.45) is 0.0326. The van der Waals surface area contributed by atoms with Crippen LogP contribution in [-0.4, -0.2) is 5.11 Å². The molecule has 1 N–H and O–H groups in total. The molecule has 18 heavy (non-hydrogen) atoms. The van der Waals surface area contributed by atoms with Crippen molar-refractivity contribution in [1.29, 1.82) is 0 Å². The van der Waals surface area contributed by atoms with Crippen LogP contribution in [-0.2, 0) is 6.42 Å². The highest BCUT2D eigenvalue weighted by Crippen LogP contribution is 2.29. The Bertz CT molecular complexity index is 554. The fourth-order valence-electron chi connectivity index (χ4n) is 1.93. The van der Waals surface area contributed by atoms with Crippen LogP contribution in [0.25, 0.3) is 0 Å². The van der Waals surface area contributed by atoms with Gasteiger partial charge in [-0.1, -0.05) is 51.8 Å². The van der Waals surface area contributed by atoms with Crippen molar-refractivity contribution in [3.63, 3.8) is 0 Å². The fourth-order valence-corrected chi connectivity index (χ4v) is 2.62. The van der Waals surface area contributed by atoms with Gasteiger partial charge in [-0.2, -0.15) is 0 Å². The van der Waals surface area contributed by atoms with E-state index < -0.39 is 6.10 Å². The molecule has 0 aliphatic carbocycles. The van der Waals surface area contributed by atoms with Crippen LogP contribution in [0.3, 0.4) is 0 Å². The Hall–Kier alpha value is -0.830. The summed E-state index contributed by atoms with van der Waals surface area (Å²) in [5.41, 5.74) is 3.16. The molecule has 0 aromatic heterocycles. The molecule has 0 heterocycles. The van der Waals surface area contributed by atoms with Gasteiger partial charge in [0, 0.05) is 15.9 Å². The largest absolute Gasteiger partial charge is 0.388 e. The van der Waals surface area contributed by atoms with Gasteiger partial charge in [-0.05, 0) is 41.8 Å². The maximum Gasteiger partial charge on any atom is 0.0841 e. The van der Waals surface area contributed by atoms with Gasteiger partial charge in [-0.25, -0.2) is 0 Å². The molecule has 0 saturated heterocycles. The number of benzene rings is 2. The molecule has 0 bridgehead atoms. The Labute approximate surface area is 121 Å². The first-order valence-electron chi connectivity index (χ1n) is 5.75. The molecule has 0 spiro atoms. The van der Waals surface area contributed by atoms with Crippen molar-refractivity contribution >= 4 is 27.5 Å². The summed E-state index contributed by atoms with van der Waals surface area (Å²) in [4.78, 5) is 0. The van der Waals surface area contributed by atoms with Gasteiger partial charge in [-0.3, -0.25) is 0 Å². The molecule has 1 unspecified atom stereocenters. The van der Waals surface area contributed by atoms with Crippen LogP contribution >= 0.6 is 27.5 Å². The predicted molar refractivity (Wildman–Crippen MR) is 79.0 cm³/mol. The number of hydrogen-bond donors (Lipinski definition) is 1. The van der Waals surface area contributed by atoms with Crippen molar-refractivity contribution in [3.05, 3.63) is 68.7 Å². The summed E-state index contributed by atoms with van der Waals surface area (Å²) in [6.45, 7) is 2.05. The minimum Gasteiger partial charge on any atom is -0.388 e. The summed E-state index contributed by atoms with van der Waals surface area (Å²) < 4.78 is 0.882. The Morgan fingerprint density at radius 3 is 2.67 bits per heavy atom. The van der Waals surface area contributed by atoms with Gasteiger partial charge >= 0.3 is 0 Å². The molecule has 2 aromatic rings. The number of hydrogen-bond acceptors (Lipinski definition) is 1. The molecule has 0 aliphatic rings. The smallest absolute Gasteiger partial charge is 0.0841 e. The number of halogens is 2. The lowest BCUT2D eigenvalue weighted by molar-refractivity contribution is 0.177. The molecule has 2 rings (SSSR count). The third kappa shape index (κ3) is 3.14. The highest BCUT2D eigenvalue weighted by molar-refractivity contribution is 9.10. The molecular weight excluding hydrogens is 312 g/mol. The second-order valence-corrected chi connectivity index (χ2v) is 5.60. The topological polar surface area (TPSA) is 20.2 Å². The Balaban J connectivity index is 2.25. The third-order valence-electron chi connectivity index (χ3n) is 2.99. The van der Waals surface area contributed by atoms with E-state index in [0.29, 0.717) is 11.4 Å². The zero-order valence-electron chi connectivity index (χ0n) is 10.0. The van der Waals surface area contributed by atoms with Gasteiger partial charge in [0.05, 0.1) is 6.10 Å².